The highest BCUT2D eigenvalue weighted by molar-refractivity contribution is 6.26. The number of benzene rings is 12. The lowest BCUT2D eigenvalue weighted by Gasteiger charge is -2.22. The summed E-state index contributed by atoms with van der Waals surface area (Å²) in [5.74, 6) is 0. The molecule has 2 nitrogen and oxygen atoms in total. The molecule has 12 aromatic carbocycles. The van der Waals surface area contributed by atoms with Gasteiger partial charge >= 0.3 is 0 Å². The van der Waals surface area contributed by atoms with E-state index in [2.05, 4.69) is 283 Å². The average molecular weight is 1070 g/mol. The Bertz CT molecular complexity index is 5230. The molecule has 0 fully saturated rings. The lowest BCUT2D eigenvalue weighted by atomic mass is 9.81. The van der Waals surface area contributed by atoms with E-state index in [9.17, 15) is 0 Å². The van der Waals surface area contributed by atoms with Crippen molar-refractivity contribution in [1.29, 1.82) is 0 Å². The summed E-state index contributed by atoms with van der Waals surface area (Å²) < 4.78 is 5.07. The van der Waals surface area contributed by atoms with E-state index in [4.69, 9.17) is 0 Å². The molecule has 16 rings (SSSR count). The third-order valence-electron chi connectivity index (χ3n) is 19.2. The van der Waals surface area contributed by atoms with Gasteiger partial charge in [-0.3, -0.25) is 0 Å². The number of aromatic nitrogens is 2. The van der Waals surface area contributed by atoms with Gasteiger partial charge < -0.3 is 9.13 Å². The highest BCUT2D eigenvalue weighted by atomic mass is 15.0. The molecule has 83 heavy (non-hydrogen) atoms. The number of fused-ring (bicyclic) bond motifs is 19. The molecule has 0 atom stereocenters. The Labute approximate surface area is 486 Å². The maximum absolute atomic E-state index is 4.29. The fourth-order valence-corrected chi connectivity index (χ4v) is 15.0. The Morgan fingerprint density at radius 3 is 1.34 bits per heavy atom. The van der Waals surface area contributed by atoms with E-state index < -0.39 is 0 Å². The fraction of sp³-hybridized carbons (Fsp3) is 0.136. The summed E-state index contributed by atoms with van der Waals surface area (Å²) in [4.78, 5) is 0. The van der Waals surface area contributed by atoms with Crippen molar-refractivity contribution in [2.45, 2.75) is 73.1 Å². The first-order valence-electron chi connectivity index (χ1n) is 29.8. The van der Waals surface area contributed by atoms with Crippen molar-refractivity contribution in [3.05, 3.63) is 258 Å². The fourth-order valence-electron chi connectivity index (χ4n) is 15.0. The van der Waals surface area contributed by atoms with Gasteiger partial charge in [-0.1, -0.05) is 205 Å². The SMILES string of the molecule is C=Cc1c(/C=C\C)c2ccc(-n3c4ccc(-c5ccc6c(c5)c5cc7c(cc5n6-c5ccc6c8ccccc8c8ccccc8c6c5)C(C)(C)C(C)=C7/C=C\C)cc4c4cc5c(cc43)C(C)(C)c3ccccc3-5)cc2c2ccccc12.CC. The maximum Gasteiger partial charge on any atom is 0.0544 e. The van der Waals surface area contributed by atoms with Gasteiger partial charge in [0.1, 0.15) is 0 Å². The van der Waals surface area contributed by atoms with Gasteiger partial charge in [0, 0.05) is 43.7 Å². The molecule has 0 saturated carbocycles. The Hall–Kier alpha value is -9.50. The lowest BCUT2D eigenvalue weighted by molar-refractivity contribution is 0.640. The first-order valence-corrected chi connectivity index (χ1v) is 29.8. The molecule has 0 aliphatic heterocycles. The van der Waals surface area contributed by atoms with Crippen LogP contribution in [0.25, 0.3) is 149 Å². The van der Waals surface area contributed by atoms with E-state index >= 15 is 0 Å². The van der Waals surface area contributed by atoms with Crippen molar-refractivity contribution in [1.82, 2.24) is 9.13 Å². The van der Waals surface area contributed by atoms with Crippen molar-refractivity contribution in [2.24, 2.45) is 0 Å². The molecule has 0 saturated heterocycles. The van der Waals surface area contributed by atoms with Crippen molar-refractivity contribution < 1.29 is 0 Å². The van der Waals surface area contributed by atoms with E-state index in [1.54, 1.807) is 0 Å². The minimum absolute atomic E-state index is 0.124. The van der Waals surface area contributed by atoms with E-state index in [0.29, 0.717) is 0 Å². The second-order valence-corrected chi connectivity index (χ2v) is 23.9. The highest BCUT2D eigenvalue weighted by Gasteiger charge is 2.37. The molecule has 0 bridgehead atoms. The van der Waals surface area contributed by atoms with Gasteiger partial charge in [-0.25, -0.2) is 0 Å². The van der Waals surface area contributed by atoms with Crippen LogP contribution in [0.3, 0.4) is 0 Å². The predicted octanol–water partition coefficient (Wildman–Crippen LogP) is 23.0. The summed E-state index contributed by atoms with van der Waals surface area (Å²) >= 11 is 0. The van der Waals surface area contributed by atoms with Gasteiger partial charge in [-0.05, 0) is 209 Å². The Balaban J connectivity index is 0.00000291. The number of hydrogen-bond donors (Lipinski definition) is 0. The molecule has 0 N–H and O–H groups in total. The summed E-state index contributed by atoms with van der Waals surface area (Å²) in [6.07, 6.45) is 10.9. The number of rotatable bonds is 6. The van der Waals surface area contributed by atoms with E-state index in [1.165, 1.54) is 164 Å². The van der Waals surface area contributed by atoms with Crippen LogP contribution in [0.4, 0.5) is 0 Å². The van der Waals surface area contributed by atoms with Crippen molar-refractivity contribution in [2.75, 3.05) is 0 Å². The summed E-state index contributed by atoms with van der Waals surface area (Å²) in [5.41, 5.74) is 22.5. The number of hydrogen-bond acceptors (Lipinski definition) is 0. The van der Waals surface area contributed by atoms with Crippen molar-refractivity contribution in [3.8, 4) is 33.6 Å². The first-order chi connectivity index (χ1) is 40.5. The second-order valence-electron chi connectivity index (χ2n) is 23.9. The molecular formula is C81H66N2. The van der Waals surface area contributed by atoms with Crippen molar-refractivity contribution >= 4 is 115 Å². The number of allylic oxidation sites excluding steroid dienone is 5. The van der Waals surface area contributed by atoms with Crippen LogP contribution in [0.5, 0.6) is 0 Å². The zero-order chi connectivity index (χ0) is 56.8. The van der Waals surface area contributed by atoms with Crippen LogP contribution in [0, 0.1) is 0 Å². The summed E-state index contributed by atoms with van der Waals surface area (Å²) in [6.45, 7) is 24.4. The van der Waals surface area contributed by atoms with Gasteiger partial charge in [0.05, 0.1) is 22.1 Å². The smallest absolute Gasteiger partial charge is 0.0544 e. The van der Waals surface area contributed by atoms with Gasteiger partial charge in [0.2, 0.25) is 0 Å². The average Bonchev–Trinajstić information content (AvgIpc) is 2.58. The molecular weight excluding hydrogens is 1000 g/mol. The van der Waals surface area contributed by atoms with Crippen LogP contribution in [0.1, 0.15) is 95.7 Å². The third kappa shape index (κ3) is 7.02. The molecule has 0 amide bonds. The molecule has 2 heteroatoms. The topological polar surface area (TPSA) is 9.86 Å². The third-order valence-corrected chi connectivity index (χ3v) is 19.2. The van der Waals surface area contributed by atoms with Crippen LogP contribution in [0.2, 0.25) is 0 Å². The highest BCUT2D eigenvalue weighted by Crippen LogP contribution is 2.53. The number of nitrogens with zero attached hydrogens (tertiary/aromatic N) is 2. The van der Waals surface area contributed by atoms with Crippen LogP contribution >= 0.6 is 0 Å². The molecule has 400 valence electrons. The van der Waals surface area contributed by atoms with E-state index in [-0.39, 0.29) is 10.8 Å². The molecule has 14 aromatic rings. The molecule has 2 aliphatic rings. The summed E-state index contributed by atoms with van der Waals surface area (Å²) in [7, 11) is 0. The predicted molar refractivity (Wildman–Crippen MR) is 362 cm³/mol. The molecule has 0 radical (unpaired) electrons. The molecule has 0 spiro atoms. The van der Waals surface area contributed by atoms with Gasteiger partial charge in [-0.2, -0.15) is 0 Å². The monoisotopic (exact) mass is 1070 g/mol. The zero-order valence-electron chi connectivity index (χ0n) is 49.0. The van der Waals surface area contributed by atoms with Gasteiger partial charge in [0.15, 0.2) is 0 Å². The van der Waals surface area contributed by atoms with Gasteiger partial charge in [0.25, 0.3) is 0 Å². The Morgan fingerprint density at radius 2 is 0.783 bits per heavy atom. The Morgan fingerprint density at radius 1 is 0.349 bits per heavy atom. The van der Waals surface area contributed by atoms with Crippen LogP contribution in [-0.2, 0) is 10.8 Å². The molecule has 2 aromatic heterocycles. The maximum atomic E-state index is 4.29. The molecule has 2 heterocycles. The van der Waals surface area contributed by atoms with Crippen LogP contribution < -0.4 is 0 Å². The van der Waals surface area contributed by atoms with E-state index in [0.717, 1.165) is 11.4 Å². The van der Waals surface area contributed by atoms with Crippen LogP contribution in [0.15, 0.2) is 225 Å². The Kier molecular flexibility index (Phi) is 11.3. The quantitative estimate of drug-likeness (QED) is 0.147. The van der Waals surface area contributed by atoms with E-state index in [1.807, 2.05) is 19.9 Å². The normalized spacial score (nSPS) is 14.4. The minimum Gasteiger partial charge on any atom is -0.309 e. The minimum atomic E-state index is -0.157. The standard InChI is InChI=1S/C79H60N2.C2H6/c1-9-20-52-46(4)78(5,6)72-44-76-69(42-65(52)72)67-38-47(30-36-74(67)80(76)50-33-35-61-57-25-14-13-23-55(57)56-24-15-17-27-59(56)64(61)41-50)48-31-37-75-68(39-48)70-43-66-62-28-18-19-29-71(62)79(7,8)73(66)45-77(70)81(75)49-32-34-60-53(21-10-2)51(11-3)54-22-12-16-26-58(54)63(60)40-49;1-2/h9-45H,3H2,1-2,4-8H3;1-2H3/b20-9-,21-10-;. The second kappa shape index (κ2) is 18.5. The largest absolute Gasteiger partial charge is 0.309 e. The molecule has 2 aliphatic carbocycles. The van der Waals surface area contributed by atoms with Crippen LogP contribution in [-0.4, -0.2) is 9.13 Å². The van der Waals surface area contributed by atoms with Gasteiger partial charge in [-0.15, -0.1) is 0 Å². The summed E-state index contributed by atoms with van der Waals surface area (Å²) in [5, 5.41) is 17.6. The lowest BCUT2D eigenvalue weighted by Crippen LogP contribution is -2.15. The van der Waals surface area contributed by atoms with Crippen molar-refractivity contribution in [3.63, 3.8) is 0 Å². The first kappa shape index (κ1) is 50.5. The summed E-state index contributed by atoms with van der Waals surface area (Å²) in [6, 6.07) is 74.4. The zero-order valence-corrected chi connectivity index (χ0v) is 49.0. The molecule has 0 unspecified atom stereocenters.